The van der Waals surface area contributed by atoms with Crippen molar-refractivity contribution in [3.8, 4) is 11.4 Å². The van der Waals surface area contributed by atoms with Gasteiger partial charge in [0.05, 0.1) is 0 Å². The van der Waals surface area contributed by atoms with Crippen LogP contribution in [0.2, 0.25) is 0 Å². The molecular weight excluding hydrogens is 354 g/mol. The first-order valence-corrected chi connectivity index (χ1v) is 9.67. The summed E-state index contributed by atoms with van der Waals surface area (Å²) in [5, 5.41) is 2.93. The summed E-state index contributed by atoms with van der Waals surface area (Å²) in [5.41, 5.74) is 1.23. The summed E-state index contributed by atoms with van der Waals surface area (Å²) in [6, 6.07) is 11.4. The lowest BCUT2D eigenvalue weighted by Crippen LogP contribution is -2.48. The van der Waals surface area contributed by atoms with E-state index >= 15 is 0 Å². The van der Waals surface area contributed by atoms with Crippen LogP contribution in [-0.2, 0) is 4.79 Å². The molecule has 0 atom stereocenters. The van der Waals surface area contributed by atoms with Gasteiger partial charge in [-0.15, -0.1) is 0 Å². The van der Waals surface area contributed by atoms with Crippen LogP contribution < -0.4 is 10.2 Å². The molecule has 2 heterocycles. The second-order valence-electron chi connectivity index (χ2n) is 7.40. The number of aromatic nitrogens is 2. The van der Waals surface area contributed by atoms with Gasteiger partial charge in [-0.1, -0.05) is 44.2 Å². The van der Waals surface area contributed by atoms with E-state index in [4.69, 9.17) is 4.98 Å². The second-order valence-corrected chi connectivity index (χ2v) is 7.40. The number of benzene rings is 1. The van der Waals surface area contributed by atoms with Crippen LogP contribution in [0, 0.1) is 5.92 Å². The van der Waals surface area contributed by atoms with Crippen LogP contribution in [0.25, 0.3) is 11.4 Å². The van der Waals surface area contributed by atoms with Crippen LogP contribution in [0.1, 0.15) is 31.3 Å². The molecule has 7 nitrogen and oxygen atoms in total. The summed E-state index contributed by atoms with van der Waals surface area (Å²) in [7, 11) is 0. The number of piperazine rings is 1. The Morgan fingerprint density at radius 3 is 2.36 bits per heavy atom. The minimum absolute atomic E-state index is 0.0843. The summed E-state index contributed by atoms with van der Waals surface area (Å²) in [4.78, 5) is 37.4. The van der Waals surface area contributed by atoms with Gasteiger partial charge in [0.25, 0.3) is 5.91 Å². The molecule has 1 aliphatic rings. The molecule has 1 fully saturated rings. The second kappa shape index (κ2) is 8.82. The van der Waals surface area contributed by atoms with Crippen molar-refractivity contribution in [1.29, 1.82) is 0 Å². The topological polar surface area (TPSA) is 78.4 Å². The monoisotopic (exact) mass is 381 g/mol. The van der Waals surface area contributed by atoms with E-state index < -0.39 is 0 Å². The van der Waals surface area contributed by atoms with Gasteiger partial charge in [-0.3, -0.25) is 9.59 Å². The van der Waals surface area contributed by atoms with Gasteiger partial charge in [0, 0.05) is 51.3 Å². The van der Waals surface area contributed by atoms with Crippen LogP contribution in [0.4, 0.5) is 5.82 Å². The van der Waals surface area contributed by atoms with Crippen molar-refractivity contribution in [3.05, 3.63) is 42.1 Å². The average molecular weight is 381 g/mol. The molecular formula is C21H27N5O2. The van der Waals surface area contributed by atoms with Crippen LogP contribution in [0.3, 0.4) is 0 Å². The number of carbonyl (C=O) groups excluding carboxylic acids is 2. The Labute approximate surface area is 165 Å². The summed E-state index contributed by atoms with van der Waals surface area (Å²) in [6.45, 7) is 8.94. The van der Waals surface area contributed by atoms with E-state index in [-0.39, 0.29) is 11.8 Å². The fourth-order valence-electron chi connectivity index (χ4n) is 3.07. The van der Waals surface area contributed by atoms with E-state index in [2.05, 4.69) is 29.0 Å². The summed E-state index contributed by atoms with van der Waals surface area (Å²) < 4.78 is 0. The summed E-state index contributed by atoms with van der Waals surface area (Å²) in [6.07, 6.45) is 0. The number of hydrogen-bond donors (Lipinski definition) is 1. The first-order valence-electron chi connectivity index (χ1n) is 9.67. The van der Waals surface area contributed by atoms with Crippen molar-refractivity contribution in [3.63, 3.8) is 0 Å². The number of nitrogens with one attached hydrogen (secondary N) is 1. The van der Waals surface area contributed by atoms with Crippen LogP contribution in [-0.4, -0.2) is 59.4 Å². The van der Waals surface area contributed by atoms with Crippen molar-refractivity contribution in [1.82, 2.24) is 20.2 Å². The number of anilines is 1. The molecule has 1 aromatic carbocycles. The highest BCUT2D eigenvalue weighted by molar-refractivity contribution is 5.93. The molecule has 0 unspecified atom stereocenters. The fraction of sp³-hybridized carbons (Fsp3) is 0.429. The van der Waals surface area contributed by atoms with Crippen LogP contribution >= 0.6 is 0 Å². The zero-order valence-corrected chi connectivity index (χ0v) is 16.7. The first-order chi connectivity index (χ1) is 13.4. The van der Waals surface area contributed by atoms with Gasteiger partial charge in [0.2, 0.25) is 5.91 Å². The van der Waals surface area contributed by atoms with Gasteiger partial charge in [-0.05, 0) is 5.92 Å². The molecule has 28 heavy (non-hydrogen) atoms. The SMILES string of the molecule is CC(=O)N1CCN(c2cc(C(=O)NCC(C)C)nc(-c3ccccc3)n2)CC1. The van der Waals surface area contributed by atoms with Crippen molar-refractivity contribution >= 4 is 17.6 Å². The summed E-state index contributed by atoms with van der Waals surface area (Å²) >= 11 is 0. The minimum atomic E-state index is -0.197. The molecule has 1 aromatic heterocycles. The van der Waals surface area contributed by atoms with Crippen molar-refractivity contribution in [2.45, 2.75) is 20.8 Å². The van der Waals surface area contributed by atoms with E-state index in [0.717, 1.165) is 5.56 Å². The number of hydrogen-bond acceptors (Lipinski definition) is 5. The highest BCUT2D eigenvalue weighted by Crippen LogP contribution is 2.21. The highest BCUT2D eigenvalue weighted by atomic mass is 16.2. The van der Waals surface area contributed by atoms with E-state index in [1.165, 1.54) is 0 Å². The van der Waals surface area contributed by atoms with Gasteiger partial charge < -0.3 is 15.1 Å². The molecule has 0 spiro atoms. The lowest BCUT2D eigenvalue weighted by atomic mass is 10.2. The largest absolute Gasteiger partial charge is 0.353 e. The van der Waals surface area contributed by atoms with E-state index in [1.807, 2.05) is 35.2 Å². The van der Waals surface area contributed by atoms with Gasteiger partial charge in [-0.2, -0.15) is 0 Å². The predicted octanol–water partition coefficient (Wildman–Crippen LogP) is 2.20. The third kappa shape index (κ3) is 4.85. The zero-order valence-electron chi connectivity index (χ0n) is 16.7. The molecule has 1 aliphatic heterocycles. The molecule has 2 amide bonds. The Balaban J connectivity index is 1.89. The van der Waals surface area contributed by atoms with Gasteiger partial charge in [0.1, 0.15) is 11.5 Å². The fourth-order valence-corrected chi connectivity index (χ4v) is 3.07. The lowest BCUT2D eigenvalue weighted by Gasteiger charge is -2.35. The first kappa shape index (κ1) is 19.8. The molecule has 1 saturated heterocycles. The quantitative estimate of drug-likeness (QED) is 0.859. The Morgan fingerprint density at radius 2 is 1.75 bits per heavy atom. The standard InChI is InChI=1S/C21H27N5O2/c1-15(2)14-22-21(28)18-13-19(26-11-9-25(10-12-26)16(3)27)24-20(23-18)17-7-5-4-6-8-17/h4-8,13,15H,9-12,14H2,1-3H3,(H,22,28). The molecule has 0 saturated carbocycles. The molecule has 3 rings (SSSR count). The van der Waals surface area contributed by atoms with Crippen LogP contribution in [0.15, 0.2) is 36.4 Å². The summed E-state index contributed by atoms with van der Waals surface area (Å²) in [5.74, 6) is 1.49. The van der Waals surface area contributed by atoms with E-state index in [1.54, 1.807) is 13.0 Å². The molecule has 2 aromatic rings. The van der Waals surface area contributed by atoms with Gasteiger partial charge in [-0.25, -0.2) is 9.97 Å². The molecule has 0 radical (unpaired) electrons. The number of carbonyl (C=O) groups is 2. The Bertz CT molecular complexity index is 830. The molecule has 1 N–H and O–H groups in total. The maximum absolute atomic E-state index is 12.6. The maximum atomic E-state index is 12.6. The van der Waals surface area contributed by atoms with Crippen molar-refractivity contribution in [2.24, 2.45) is 5.92 Å². The van der Waals surface area contributed by atoms with Crippen molar-refractivity contribution < 1.29 is 9.59 Å². The minimum Gasteiger partial charge on any atom is -0.353 e. The van der Waals surface area contributed by atoms with E-state index in [9.17, 15) is 9.59 Å². The normalized spacial score (nSPS) is 14.3. The Kier molecular flexibility index (Phi) is 6.23. The highest BCUT2D eigenvalue weighted by Gasteiger charge is 2.22. The smallest absolute Gasteiger partial charge is 0.270 e. The molecule has 0 aliphatic carbocycles. The number of nitrogens with zero attached hydrogens (tertiary/aromatic N) is 4. The molecule has 7 heteroatoms. The van der Waals surface area contributed by atoms with Gasteiger partial charge >= 0.3 is 0 Å². The maximum Gasteiger partial charge on any atom is 0.270 e. The van der Waals surface area contributed by atoms with Crippen molar-refractivity contribution in [2.75, 3.05) is 37.6 Å². The predicted molar refractivity (Wildman–Crippen MR) is 109 cm³/mol. The third-order valence-corrected chi connectivity index (χ3v) is 4.70. The van der Waals surface area contributed by atoms with Crippen LogP contribution in [0.5, 0.6) is 0 Å². The Morgan fingerprint density at radius 1 is 1.07 bits per heavy atom. The zero-order chi connectivity index (χ0) is 20.1. The number of amides is 2. The van der Waals surface area contributed by atoms with Gasteiger partial charge in [0.15, 0.2) is 5.82 Å². The molecule has 0 bridgehead atoms. The third-order valence-electron chi connectivity index (χ3n) is 4.70. The molecule has 148 valence electrons. The Hall–Kier alpha value is -2.96. The number of rotatable bonds is 5. The van der Waals surface area contributed by atoms with E-state index in [0.29, 0.717) is 56.0 Å². The lowest BCUT2D eigenvalue weighted by molar-refractivity contribution is -0.129. The average Bonchev–Trinajstić information content (AvgIpc) is 2.72.